The van der Waals surface area contributed by atoms with Gasteiger partial charge in [-0.1, -0.05) is 12.1 Å². The van der Waals surface area contributed by atoms with Gasteiger partial charge in [0, 0.05) is 26.2 Å². The molecule has 0 spiro atoms. The lowest BCUT2D eigenvalue weighted by Gasteiger charge is -2.20. The number of benzene rings is 1. The van der Waals surface area contributed by atoms with Gasteiger partial charge >= 0.3 is 12.8 Å². The maximum absolute atomic E-state index is 12.7. The summed E-state index contributed by atoms with van der Waals surface area (Å²) in [6, 6.07) is 4.60. The van der Waals surface area contributed by atoms with E-state index in [-0.39, 0.29) is 30.6 Å². The zero-order chi connectivity index (χ0) is 22.0. The van der Waals surface area contributed by atoms with Crippen molar-refractivity contribution in [2.24, 2.45) is 4.99 Å². The molecule has 0 heterocycles. The summed E-state index contributed by atoms with van der Waals surface area (Å²) < 4.78 is 72.3. The lowest BCUT2D eigenvalue weighted by atomic mass is 10.2. The van der Waals surface area contributed by atoms with Crippen LogP contribution >= 0.6 is 0 Å². The van der Waals surface area contributed by atoms with Crippen molar-refractivity contribution in [1.29, 1.82) is 0 Å². The lowest BCUT2D eigenvalue weighted by Crippen LogP contribution is -2.45. The molecule has 29 heavy (non-hydrogen) atoms. The molecule has 1 amide bonds. The Labute approximate surface area is 164 Å². The summed E-state index contributed by atoms with van der Waals surface area (Å²) >= 11 is 0. The topological polar surface area (TPSA) is 75.2 Å². The maximum Gasteiger partial charge on any atom is 0.406 e. The van der Waals surface area contributed by atoms with E-state index in [2.05, 4.69) is 20.4 Å². The van der Waals surface area contributed by atoms with Gasteiger partial charge in [0.2, 0.25) is 5.91 Å². The summed E-state index contributed by atoms with van der Waals surface area (Å²) in [4.78, 5) is 16.1. The molecule has 0 unspecified atom stereocenters. The highest BCUT2D eigenvalue weighted by molar-refractivity contribution is 5.86. The number of ether oxygens (including phenoxy) is 2. The molecule has 1 aromatic carbocycles. The van der Waals surface area contributed by atoms with E-state index in [0.717, 1.165) is 7.05 Å². The molecule has 0 aromatic heterocycles. The van der Waals surface area contributed by atoms with Crippen molar-refractivity contribution in [3.05, 3.63) is 23.8 Å². The molecule has 7 nitrogen and oxygen atoms in total. The first kappa shape index (κ1) is 24.2. The molecule has 0 aliphatic carbocycles. The Hall–Kier alpha value is -2.79. The molecular formula is C17H23F5N4O3. The number of para-hydroxylation sites is 1. The van der Waals surface area contributed by atoms with Crippen LogP contribution in [-0.2, 0) is 11.3 Å². The maximum atomic E-state index is 12.7. The van der Waals surface area contributed by atoms with Gasteiger partial charge in [0.05, 0.1) is 13.2 Å². The third kappa shape index (κ3) is 8.83. The summed E-state index contributed by atoms with van der Waals surface area (Å²) in [6.45, 7) is -2.96. The van der Waals surface area contributed by atoms with Gasteiger partial charge in [0.25, 0.3) is 0 Å². The second kappa shape index (κ2) is 11.3. The Kier molecular flexibility index (Phi) is 9.42. The van der Waals surface area contributed by atoms with E-state index in [0.29, 0.717) is 10.5 Å². The van der Waals surface area contributed by atoms with Crippen molar-refractivity contribution in [1.82, 2.24) is 15.5 Å². The summed E-state index contributed by atoms with van der Waals surface area (Å²) in [7, 11) is 2.41. The van der Waals surface area contributed by atoms with E-state index >= 15 is 0 Å². The van der Waals surface area contributed by atoms with Crippen molar-refractivity contribution >= 4 is 11.9 Å². The number of nitrogens with zero attached hydrogens (tertiary/aromatic N) is 2. The van der Waals surface area contributed by atoms with Gasteiger partial charge in [-0.3, -0.25) is 9.79 Å². The number of rotatable bonds is 9. The zero-order valence-electron chi connectivity index (χ0n) is 16.1. The third-order valence-corrected chi connectivity index (χ3v) is 3.49. The number of carbonyl (C=O) groups excluding carboxylic acids is 1. The Morgan fingerprint density at radius 3 is 2.52 bits per heavy atom. The number of aliphatic imine (C=N–C) groups is 1. The van der Waals surface area contributed by atoms with Gasteiger partial charge in [-0.25, -0.2) is 0 Å². The zero-order valence-corrected chi connectivity index (χ0v) is 16.1. The minimum absolute atomic E-state index is 0.0186. The van der Waals surface area contributed by atoms with E-state index in [9.17, 15) is 26.7 Å². The Bertz CT molecular complexity index is 698. The van der Waals surface area contributed by atoms with Crippen LogP contribution in [0.2, 0.25) is 0 Å². The van der Waals surface area contributed by atoms with Crippen LogP contribution in [0, 0.1) is 0 Å². The van der Waals surface area contributed by atoms with E-state index in [1.807, 2.05) is 0 Å². The highest BCUT2D eigenvalue weighted by atomic mass is 19.4. The van der Waals surface area contributed by atoms with E-state index < -0.39 is 31.8 Å². The normalized spacial score (nSPS) is 12.0. The largest absolute Gasteiger partial charge is 0.490 e. The number of halogens is 5. The Morgan fingerprint density at radius 1 is 1.28 bits per heavy atom. The number of guanidine groups is 1. The quantitative estimate of drug-likeness (QED) is 0.360. The molecule has 0 atom stereocenters. The van der Waals surface area contributed by atoms with E-state index in [4.69, 9.17) is 4.74 Å². The molecule has 1 aromatic rings. The SMILES string of the molecule is CCOc1cccc(CNC(=NC)NCC(=O)N(C)CC(F)(F)F)c1OC(F)F. The minimum Gasteiger partial charge on any atom is -0.490 e. The summed E-state index contributed by atoms with van der Waals surface area (Å²) in [5, 5.41) is 5.34. The van der Waals surface area contributed by atoms with E-state index in [1.165, 1.54) is 19.2 Å². The summed E-state index contributed by atoms with van der Waals surface area (Å²) in [5.41, 5.74) is 0.333. The van der Waals surface area contributed by atoms with Crippen LogP contribution in [0.4, 0.5) is 22.0 Å². The predicted octanol–water partition coefficient (Wildman–Crippen LogP) is 2.37. The molecule has 0 aliphatic rings. The van der Waals surface area contributed by atoms with Crippen LogP contribution in [0.3, 0.4) is 0 Å². The van der Waals surface area contributed by atoms with Crippen LogP contribution in [-0.4, -0.2) is 63.3 Å². The number of carbonyl (C=O) groups is 1. The smallest absolute Gasteiger partial charge is 0.406 e. The number of nitrogens with one attached hydrogen (secondary N) is 2. The van der Waals surface area contributed by atoms with Crippen molar-refractivity contribution in [2.45, 2.75) is 26.3 Å². The van der Waals surface area contributed by atoms with Gasteiger partial charge in [-0.15, -0.1) is 0 Å². The van der Waals surface area contributed by atoms with Gasteiger partial charge in [0.15, 0.2) is 17.5 Å². The Balaban J connectivity index is 2.73. The predicted molar refractivity (Wildman–Crippen MR) is 96.1 cm³/mol. The highest BCUT2D eigenvalue weighted by Crippen LogP contribution is 2.32. The molecule has 0 saturated carbocycles. The van der Waals surface area contributed by atoms with Crippen LogP contribution in [0.15, 0.2) is 23.2 Å². The molecule has 0 bridgehead atoms. The average Bonchev–Trinajstić information content (AvgIpc) is 2.62. The minimum atomic E-state index is -4.50. The standard InChI is InChI=1S/C17H23F5N4O3/c1-4-28-12-7-5-6-11(14(12)29-15(18)19)8-24-16(23-2)25-9-13(27)26(3)10-17(20,21)22/h5-7,15H,4,8-10H2,1-3H3,(H2,23,24,25). The number of hydrogen-bond donors (Lipinski definition) is 2. The summed E-state index contributed by atoms with van der Waals surface area (Å²) in [5.74, 6) is -0.721. The van der Waals surface area contributed by atoms with Gasteiger partial charge in [-0.2, -0.15) is 22.0 Å². The number of amides is 1. The second-order valence-electron chi connectivity index (χ2n) is 5.70. The monoisotopic (exact) mass is 426 g/mol. The van der Waals surface area contributed by atoms with Crippen LogP contribution in [0.5, 0.6) is 11.5 Å². The van der Waals surface area contributed by atoms with Gasteiger partial charge in [-0.05, 0) is 13.0 Å². The molecule has 164 valence electrons. The first-order valence-corrected chi connectivity index (χ1v) is 8.52. The number of hydrogen-bond acceptors (Lipinski definition) is 4. The fourth-order valence-electron chi connectivity index (χ4n) is 2.24. The molecule has 2 N–H and O–H groups in total. The highest BCUT2D eigenvalue weighted by Gasteiger charge is 2.31. The second-order valence-corrected chi connectivity index (χ2v) is 5.70. The van der Waals surface area contributed by atoms with Crippen molar-refractivity contribution in [3.8, 4) is 11.5 Å². The first-order valence-electron chi connectivity index (χ1n) is 8.52. The first-order chi connectivity index (χ1) is 13.6. The average molecular weight is 426 g/mol. The van der Waals surface area contributed by atoms with Crippen molar-refractivity contribution < 1.29 is 36.2 Å². The van der Waals surface area contributed by atoms with Crippen molar-refractivity contribution in [2.75, 3.05) is 33.8 Å². The molecule has 0 radical (unpaired) electrons. The van der Waals surface area contributed by atoms with Crippen LogP contribution in [0.25, 0.3) is 0 Å². The van der Waals surface area contributed by atoms with Gasteiger partial charge < -0.3 is 25.0 Å². The number of likely N-dealkylation sites (N-methyl/N-ethyl adjacent to an activating group) is 1. The van der Waals surface area contributed by atoms with E-state index in [1.54, 1.807) is 13.0 Å². The summed E-state index contributed by atoms with van der Waals surface area (Å²) in [6.07, 6.45) is -4.50. The number of alkyl halides is 5. The molecule has 12 heteroatoms. The molecule has 0 saturated heterocycles. The molecular weight excluding hydrogens is 403 g/mol. The fourth-order valence-corrected chi connectivity index (χ4v) is 2.24. The fraction of sp³-hybridized carbons (Fsp3) is 0.529. The van der Waals surface area contributed by atoms with Crippen LogP contribution in [0.1, 0.15) is 12.5 Å². The lowest BCUT2D eigenvalue weighted by molar-refractivity contribution is -0.157. The molecule has 0 fully saturated rings. The van der Waals surface area contributed by atoms with Crippen molar-refractivity contribution in [3.63, 3.8) is 0 Å². The van der Waals surface area contributed by atoms with Crippen LogP contribution < -0.4 is 20.1 Å². The third-order valence-electron chi connectivity index (χ3n) is 3.49. The molecule has 1 rings (SSSR count). The molecule has 0 aliphatic heterocycles. The van der Waals surface area contributed by atoms with Gasteiger partial charge in [0.1, 0.15) is 6.54 Å². The Morgan fingerprint density at radius 2 is 1.97 bits per heavy atom.